The van der Waals surface area contributed by atoms with Crippen LogP contribution in [0.5, 0.6) is 0 Å². The molecule has 0 amide bonds. The summed E-state index contributed by atoms with van der Waals surface area (Å²) in [5, 5.41) is 2.21. The molecule has 0 atom stereocenters. The van der Waals surface area contributed by atoms with Crippen molar-refractivity contribution in [1.29, 1.82) is 0 Å². The highest BCUT2D eigenvalue weighted by molar-refractivity contribution is 6.02. The van der Waals surface area contributed by atoms with Crippen molar-refractivity contribution < 1.29 is 4.42 Å². The minimum absolute atomic E-state index is 0.824. The molecule has 4 rings (SSSR count). The molecule has 0 saturated carbocycles. The van der Waals surface area contributed by atoms with Gasteiger partial charge in [-0.15, -0.1) is 0 Å². The van der Waals surface area contributed by atoms with Crippen molar-refractivity contribution in [2.45, 2.75) is 0 Å². The van der Waals surface area contributed by atoms with Gasteiger partial charge in [0.1, 0.15) is 11.5 Å². The molecular formula is C19H13NO. The lowest BCUT2D eigenvalue weighted by Gasteiger charge is -1.97. The Bertz CT molecular complexity index is 806. The summed E-state index contributed by atoms with van der Waals surface area (Å²) in [7, 11) is 0. The van der Waals surface area contributed by atoms with E-state index in [1.807, 2.05) is 48.5 Å². The van der Waals surface area contributed by atoms with Gasteiger partial charge in [0, 0.05) is 22.5 Å². The predicted octanol–water partition coefficient (Wildman–Crippen LogP) is 5.16. The summed E-state index contributed by atoms with van der Waals surface area (Å²) in [5.41, 5.74) is 1.94. The van der Waals surface area contributed by atoms with Crippen LogP contribution in [0.4, 0.5) is 0 Å². The van der Waals surface area contributed by atoms with Crippen molar-refractivity contribution in [3.63, 3.8) is 0 Å². The normalized spacial score (nSPS) is 10.9. The third-order valence-electron chi connectivity index (χ3n) is 3.55. The summed E-state index contributed by atoms with van der Waals surface area (Å²) < 4.78 is 6.17. The smallest absolute Gasteiger partial charge is 0.161 e. The first-order chi connectivity index (χ1) is 10.4. The average Bonchev–Trinajstić information content (AvgIpc) is 2.96. The molecule has 0 aliphatic rings. The van der Waals surface area contributed by atoms with Crippen molar-refractivity contribution in [1.82, 2.24) is 4.98 Å². The Hall–Kier alpha value is -2.87. The molecule has 4 aromatic rings. The molecule has 0 N–H and O–H groups in total. The second-order valence-corrected chi connectivity index (χ2v) is 4.89. The Labute approximate surface area is 122 Å². The van der Waals surface area contributed by atoms with E-state index in [0.717, 1.165) is 33.6 Å². The Kier molecular flexibility index (Phi) is 2.79. The number of furan rings is 1. The number of fused-ring (bicyclic) bond motifs is 1. The Morgan fingerprint density at radius 3 is 2.00 bits per heavy atom. The lowest BCUT2D eigenvalue weighted by Crippen LogP contribution is -1.78. The third kappa shape index (κ3) is 2.01. The molecule has 0 fully saturated rings. The number of rotatable bonds is 2. The first kappa shape index (κ1) is 11.9. The second kappa shape index (κ2) is 4.91. The molecule has 21 heavy (non-hydrogen) atoms. The van der Waals surface area contributed by atoms with Crippen molar-refractivity contribution >= 4 is 10.8 Å². The van der Waals surface area contributed by atoms with Gasteiger partial charge < -0.3 is 4.42 Å². The molecule has 2 nitrogen and oxygen atoms in total. The number of hydrogen-bond acceptors (Lipinski definition) is 2. The molecule has 0 aliphatic heterocycles. The van der Waals surface area contributed by atoms with Crippen LogP contribution in [0.3, 0.4) is 0 Å². The topological polar surface area (TPSA) is 26.0 Å². The summed E-state index contributed by atoms with van der Waals surface area (Å²) in [6.07, 6.45) is 1.79. The van der Waals surface area contributed by atoms with Crippen LogP contribution in [0.1, 0.15) is 0 Å². The molecule has 2 aromatic heterocycles. The lowest BCUT2D eigenvalue weighted by atomic mass is 10.1. The molecule has 0 unspecified atom stereocenters. The summed E-state index contributed by atoms with van der Waals surface area (Å²) >= 11 is 0. The van der Waals surface area contributed by atoms with Gasteiger partial charge in [-0.25, -0.2) is 0 Å². The molecular weight excluding hydrogens is 258 g/mol. The van der Waals surface area contributed by atoms with Crippen LogP contribution in [0.25, 0.3) is 33.6 Å². The number of aromatic nitrogens is 1. The van der Waals surface area contributed by atoms with Gasteiger partial charge in [0.25, 0.3) is 0 Å². The summed E-state index contributed by atoms with van der Waals surface area (Å²) in [6, 6.07) is 24.3. The van der Waals surface area contributed by atoms with Gasteiger partial charge in [-0.2, -0.15) is 0 Å². The highest BCUT2D eigenvalue weighted by atomic mass is 16.3. The summed E-state index contributed by atoms with van der Waals surface area (Å²) in [4.78, 5) is 4.41. The van der Waals surface area contributed by atoms with E-state index < -0.39 is 0 Å². The maximum Gasteiger partial charge on any atom is 0.161 e. The largest absolute Gasteiger partial charge is 0.453 e. The first-order valence-electron chi connectivity index (χ1n) is 6.92. The first-order valence-corrected chi connectivity index (χ1v) is 6.92. The van der Waals surface area contributed by atoms with Crippen molar-refractivity contribution in [3.05, 3.63) is 79.0 Å². The predicted molar refractivity (Wildman–Crippen MR) is 84.9 cm³/mol. The van der Waals surface area contributed by atoms with Crippen LogP contribution in [0, 0.1) is 0 Å². The van der Waals surface area contributed by atoms with Crippen molar-refractivity contribution in [3.8, 4) is 22.8 Å². The number of hydrogen-bond donors (Lipinski definition) is 0. The van der Waals surface area contributed by atoms with Gasteiger partial charge in [0.05, 0.1) is 0 Å². The van der Waals surface area contributed by atoms with Crippen LogP contribution >= 0.6 is 0 Å². The second-order valence-electron chi connectivity index (χ2n) is 4.89. The number of nitrogens with zero attached hydrogens (tertiary/aromatic N) is 1. The van der Waals surface area contributed by atoms with E-state index in [9.17, 15) is 0 Å². The zero-order valence-electron chi connectivity index (χ0n) is 11.4. The Morgan fingerprint density at radius 1 is 0.619 bits per heavy atom. The van der Waals surface area contributed by atoms with E-state index in [-0.39, 0.29) is 0 Å². The SMILES string of the molecule is c1ccc(-c2oc(-c3ccccn3)c3ccccc23)cc1. The van der Waals surface area contributed by atoms with E-state index in [1.165, 1.54) is 0 Å². The van der Waals surface area contributed by atoms with Crippen LogP contribution in [-0.4, -0.2) is 4.98 Å². The minimum Gasteiger partial charge on any atom is -0.453 e. The molecule has 2 heterocycles. The van der Waals surface area contributed by atoms with Crippen LogP contribution in [-0.2, 0) is 0 Å². The quantitative estimate of drug-likeness (QED) is 0.503. The minimum atomic E-state index is 0.824. The van der Waals surface area contributed by atoms with Gasteiger partial charge in [0.15, 0.2) is 5.76 Å². The van der Waals surface area contributed by atoms with Gasteiger partial charge in [-0.05, 0) is 12.1 Å². The zero-order chi connectivity index (χ0) is 14.1. The highest BCUT2D eigenvalue weighted by Crippen LogP contribution is 2.38. The number of benzene rings is 2. The van der Waals surface area contributed by atoms with Crippen LogP contribution in [0.2, 0.25) is 0 Å². The standard InChI is InChI=1S/C19H13NO/c1-2-8-14(9-3-1)18-15-10-4-5-11-16(15)19(21-18)17-12-6-7-13-20-17/h1-13H. The van der Waals surface area contributed by atoms with E-state index in [1.54, 1.807) is 6.20 Å². The van der Waals surface area contributed by atoms with E-state index in [0.29, 0.717) is 0 Å². The van der Waals surface area contributed by atoms with E-state index >= 15 is 0 Å². The molecule has 0 spiro atoms. The lowest BCUT2D eigenvalue weighted by molar-refractivity contribution is 0.599. The van der Waals surface area contributed by atoms with E-state index in [2.05, 4.69) is 29.2 Å². The van der Waals surface area contributed by atoms with Gasteiger partial charge >= 0.3 is 0 Å². The van der Waals surface area contributed by atoms with Crippen molar-refractivity contribution in [2.75, 3.05) is 0 Å². The van der Waals surface area contributed by atoms with Crippen molar-refractivity contribution in [2.24, 2.45) is 0 Å². The van der Waals surface area contributed by atoms with Crippen LogP contribution in [0.15, 0.2) is 83.4 Å². The molecule has 0 aliphatic carbocycles. The molecule has 0 saturated heterocycles. The summed E-state index contributed by atoms with van der Waals surface area (Å²) in [6.45, 7) is 0. The van der Waals surface area contributed by atoms with Gasteiger partial charge in [-0.3, -0.25) is 4.98 Å². The molecule has 2 aromatic carbocycles. The third-order valence-corrected chi connectivity index (χ3v) is 3.55. The molecule has 0 bridgehead atoms. The molecule has 2 heteroatoms. The van der Waals surface area contributed by atoms with E-state index in [4.69, 9.17) is 4.42 Å². The monoisotopic (exact) mass is 271 g/mol. The maximum absolute atomic E-state index is 6.17. The number of pyridine rings is 1. The van der Waals surface area contributed by atoms with Gasteiger partial charge in [0.2, 0.25) is 0 Å². The van der Waals surface area contributed by atoms with Crippen LogP contribution < -0.4 is 0 Å². The fraction of sp³-hybridized carbons (Fsp3) is 0. The van der Waals surface area contributed by atoms with Gasteiger partial charge in [-0.1, -0.05) is 60.7 Å². The fourth-order valence-corrected chi connectivity index (χ4v) is 2.58. The Morgan fingerprint density at radius 2 is 1.29 bits per heavy atom. The summed E-state index contributed by atoms with van der Waals surface area (Å²) in [5.74, 6) is 1.72. The fourth-order valence-electron chi connectivity index (χ4n) is 2.58. The zero-order valence-corrected chi connectivity index (χ0v) is 11.4. The average molecular weight is 271 g/mol. The molecule has 0 radical (unpaired) electrons. The molecule has 100 valence electrons. The Balaban J connectivity index is 2.02. The maximum atomic E-state index is 6.17. The highest BCUT2D eigenvalue weighted by Gasteiger charge is 2.15.